The van der Waals surface area contributed by atoms with Crippen LogP contribution in [-0.4, -0.2) is 27.9 Å². The zero-order chi connectivity index (χ0) is 14.7. The van der Waals surface area contributed by atoms with Gasteiger partial charge in [-0.05, 0) is 27.7 Å². The minimum absolute atomic E-state index is 0.136. The lowest BCUT2D eigenvalue weighted by molar-refractivity contribution is -0.113. The van der Waals surface area contributed by atoms with E-state index in [1.54, 1.807) is 20.8 Å². The maximum absolute atomic E-state index is 11.7. The van der Waals surface area contributed by atoms with Gasteiger partial charge >= 0.3 is 6.09 Å². The third-order valence-electron chi connectivity index (χ3n) is 2.13. The van der Waals surface area contributed by atoms with Gasteiger partial charge in [0.2, 0.25) is 0 Å². The van der Waals surface area contributed by atoms with Crippen LogP contribution in [0.3, 0.4) is 0 Å². The van der Waals surface area contributed by atoms with Crippen LogP contribution in [0.1, 0.15) is 33.4 Å². The molecule has 0 saturated carbocycles. The van der Waals surface area contributed by atoms with E-state index < -0.39 is 17.2 Å². The minimum Gasteiger partial charge on any atom is -0.444 e. The summed E-state index contributed by atoms with van der Waals surface area (Å²) in [4.78, 5) is 30.8. The second-order valence-corrected chi connectivity index (χ2v) is 5.56. The van der Waals surface area contributed by atoms with Crippen LogP contribution in [0.5, 0.6) is 0 Å². The van der Waals surface area contributed by atoms with Gasteiger partial charge in [0.1, 0.15) is 16.3 Å². The van der Waals surface area contributed by atoms with Crippen molar-refractivity contribution in [1.82, 2.24) is 15.3 Å². The van der Waals surface area contributed by atoms with Gasteiger partial charge in [0.05, 0.1) is 18.1 Å². The monoisotopic (exact) mass is 285 g/mol. The van der Waals surface area contributed by atoms with Gasteiger partial charge < -0.3 is 14.8 Å². The Morgan fingerprint density at radius 2 is 2.00 bits per heavy atom. The normalized spacial score (nSPS) is 14.4. The molecule has 0 saturated heterocycles. The molecule has 1 aromatic heterocycles. The van der Waals surface area contributed by atoms with Crippen molar-refractivity contribution >= 4 is 24.0 Å². The van der Waals surface area contributed by atoms with Crippen LogP contribution < -0.4 is 5.32 Å². The van der Waals surface area contributed by atoms with E-state index in [-0.39, 0.29) is 10.8 Å². The molecule has 0 aliphatic heterocycles. The summed E-state index contributed by atoms with van der Waals surface area (Å²) in [5.74, 6) is 0. The van der Waals surface area contributed by atoms with Crippen molar-refractivity contribution < 1.29 is 14.3 Å². The summed E-state index contributed by atoms with van der Waals surface area (Å²) < 4.78 is 5.10. The second-order valence-electron chi connectivity index (χ2n) is 5.17. The van der Waals surface area contributed by atoms with Gasteiger partial charge in [-0.15, -0.1) is 0 Å². The van der Waals surface area contributed by atoms with Gasteiger partial charge in [0.15, 0.2) is 6.29 Å². The van der Waals surface area contributed by atoms with Crippen molar-refractivity contribution in [2.75, 3.05) is 0 Å². The van der Waals surface area contributed by atoms with Crippen LogP contribution in [0.15, 0.2) is 12.4 Å². The molecular weight excluding hydrogens is 270 g/mol. The number of aromatic nitrogens is 2. The number of carbonyl (C=O) groups is 2. The van der Waals surface area contributed by atoms with Gasteiger partial charge in [-0.2, -0.15) is 0 Å². The number of nitrogens with zero attached hydrogens (tertiary/aromatic N) is 2. The van der Waals surface area contributed by atoms with Crippen LogP contribution in [0.2, 0.25) is 5.15 Å². The van der Waals surface area contributed by atoms with Crippen LogP contribution >= 0.6 is 11.6 Å². The van der Waals surface area contributed by atoms with Crippen molar-refractivity contribution in [3.63, 3.8) is 0 Å². The molecule has 0 fully saturated rings. The molecule has 1 aromatic rings. The summed E-state index contributed by atoms with van der Waals surface area (Å²) in [5, 5.41) is 2.59. The van der Waals surface area contributed by atoms with Crippen LogP contribution in [-0.2, 0) is 15.1 Å². The fourth-order valence-corrected chi connectivity index (χ4v) is 1.41. The minimum atomic E-state index is -1.35. The Hall–Kier alpha value is -1.69. The first-order valence-electron chi connectivity index (χ1n) is 5.62. The van der Waals surface area contributed by atoms with Crippen molar-refractivity contribution in [3.8, 4) is 0 Å². The zero-order valence-corrected chi connectivity index (χ0v) is 12.0. The zero-order valence-electron chi connectivity index (χ0n) is 11.2. The Morgan fingerprint density at radius 1 is 1.37 bits per heavy atom. The Kier molecular flexibility index (Phi) is 4.47. The maximum atomic E-state index is 11.7. The number of nitrogens with one attached hydrogen (secondary N) is 1. The van der Waals surface area contributed by atoms with Gasteiger partial charge in [0.25, 0.3) is 0 Å². The van der Waals surface area contributed by atoms with Crippen molar-refractivity contribution in [1.29, 1.82) is 0 Å². The van der Waals surface area contributed by atoms with Crippen molar-refractivity contribution in [3.05, 3.63) is 23.2 Å². The van der Waals surface area contributed by atoms with Gasteiger partial charge in [-0.25, -0.2) is 9.78 Å². The number of amides is 1. The number of hydrogen-bond donors (Lipinski definition) is 1. The Balaban J connectivity index is 2.93. The fraction of sp³-hybridized carbons (Fsp3) is 0.500. The van der Waals surface area contributed by atoms with Crippen LogP contribution in [0.4, 0.5) is 4.79 Å². The number of carbonyl (C=O) groups excluding carboxylic acids is 2. The van der Waals surface area contributed by atoms with Gasteiger partial charge in [-0.1, -0.05) is 11.6 Å². The Morgan fingerprint density at radius 3 is 2.47 bits per heavy atom. The topological polar surface area (TPSA) is 81.2 Å². The Bertz CT molecular complexity index is 487. The molecule has 19 heavy (non-hydrogen) atoms. The van der Waals surface area contributed by atoms with Gasteiger partial charge in [-0.3, -0.25) is 4.98 Å². The number of ether oxygens (including phenoxy) is 1. The number of hydrogen-bond acceptors (Lipinski definition) is 5. The summed E-state index contributed by atoms with van der Waals surface area (Å²) in [7, 11) is 0. The average Bonchev–Trinajstić information content (AvgIpc) is 2.26. The largest absolute Gasteiger partial charge is 0.444 e. The average molecular weight is 286 g/mol. The third-order valence-corrected chi connectivity index (χ3v) is 2.32. The van der Waals surface area contributed by atoms with E-state index in [2.05, 4.69) is 15.3 Å². The number of aldehydes is 1. The standard InChI is InChI=1S/C12H16ClN3O3/c1-11(2,3)19-10(18)16-12(4,7-17)8-5-14-6-9(13)15-8/h5-7H,1-4H3,(H,16,18). The second kappa shape index (κ2) is 5.52. The lowest BCUT2D eigenvalue weighted by Crippen LogP contribution is -2.47. The predicted octanol–water partition coefficient (Wildman–Crippen LogP) is 2.07. The Labute approximate surface area is 116 Å². The molecule has 0 bridgehead atoms. The van der Waals surface area contributed by atoms with Crippen molar-refractivity contribution in [2.45, 2.75) is 38.8 Å². The maximum Gasteiger partial charge on any atom is 0.408 e. The summed E-state index contributed by atoms with van der Waals surface area (Å²) in [6.07, 6.45) is 2.53. The highest BCUT2D eigenvalue weighted by molar-refractivity contribution is 6.29. The summed E-state index contributed by atoms with van der Waals surface area (Å²) in [6.45, 7) is 6.67. The molecular formula is C12H16ClN3O3. The summed E-state index contributed by atoms with van der Waals surface area (Å²) in [5.41, 5.74) is -1.77. The molecule has 1 unspecified atom stereocenters. The number of halogens is 1. The lowest BCUT2D eigenvalue weighted by atomic mass is 10.0. The van der Waals surface area contributed by atoms with Gasteiger partial charge in [0, 0.05) is 0 Å². The highest BCUT2D eigenvalue weighted by atomic mass is 35.5. The lowest BCUT2D eigenvalue weighted by Gasteiger charge is -2.26. The smallest absolute Gasteiger partial charge is 0.408 e. The molecule has 1 heterocycles. The van der Waals surface area contributed by atoms with E-state index in [4.69, 9.17) is 16.3 Å². The highest BCUT2D eigenvalue weighted by Crippen LogP contribution is 2.18. The SMILES string of the molecule is CC(C)(C)OC(=O)NC(C)(C=O)c1cncc(Cl)n1. The van der Waals surface area contributed by atoms with E-state index >= 15 is 0 Å². The number of alkyl carbamates (subject to hydrolysis) is 1. The molecule has 1 atom stereocenters. The molecule has 1 amide bonds. The molecule has 0 spiro atoms. The fourth-order valence-electron chi connectivity index (χ4n) is 1.26. The molecule has 1 N–H and O–H groups in total. The molecule has 0 aromatic carbocycles. The molecule has 0 aliphatic rings. The van der Waals surface area contributed by atoms with E-state index in [1.165, 1.54) is 19.3 Å². The van der Waals surface area contributed by atoms with E-state index in [0.717, 1.165) is 0 Å². The van der Waals surface area contributed by atoms with Crippen LogP contribution in [0, 0.1) is 0 Å². The third kappa shape index (κ3) is 4.48. The highest BCUT2D eigenvalue weighted by Gasteiger charge is 2.32. The van der Waals surface area contributed by atoms with E-state index in [9.17, 15) is 9.59 Å². The molecule has 6 nitrogen and oxygen atoms in total. The molecule has 7 heteroatoms. The number of rotatable bonds is 3. The van der Waals surface area contributed by atoms with E-state index in [1.807, 2.05) is 0 Å². The molecule has 104 valence electrons. The van der Waals surface area contributed by atoms with Crippen LogP contribution in [0.25, 0.3) is 0 Å². The van der Waals surface area contributed by atoms with E-state index in [0.29, 0.717) is 6.29 Å². The quantitative estimate of drug-likeness (QED) is 0.860. The van der Waals surface area contributed by atoms with Crippen molar-refractivity contribution in [2.24, 2.45) is 0 Å². The first kappa shape index (κ1) is 15.4. The molecule has 0 radical (unpaired) electrons. The first-order valence-corrected chi connectivity index (χ1v) is 5.99. The first-order chi connectivity index (χ1) is 8.66. The summed E-state index contributed by atoms with van der Waals surface area (Å²) >= 11 is 5.72. The summed E-state index contributed by atoms with van der Waals surface area (Å²) in [6, 6.07) is 0. The molecule has 1 rings (SSSR count). The predicted molar refractivity (Wildman–Crippen MR) is 69.8 cm³/mol. The molecule has 0 aliphatic carbocycles.